The smallest absolute Gasteiger partial charge is 0.271 e. The van der Waals surface area contributed by atoms with Gasteiger partial charge in [-0.25, -0.2) is 4.98 Å². The zero-order chi connectivity index (χ0) is 13.2. The summed E-state index contributed by atoms with van der Waals surface area (Å²) < 4.78 is 0. The van der Waals surface area contributed by atoms with Crippen molar-refractivity contribution in [3.05, 3.63) is 27.0 Å². The van der Waals surface area contributed by atoms with Crippen LogP contribution in [0.15, 0.2) is 6.20 Å². The lowest BCUT2D eigenvalue weighted by molar-refractivity contribution is 0.0692. The normalized spacial score (nSPS) is 11.4. The van der Waals surface area contributed by atoms with Crippen molar-refractivity contribution in [2.24, 2.45) is 0 Å². The summed E-state index contributed by atoms with van der Waals surface area (Å²) in [6, 6.07) is 0. The van der Waals surface area contributed by atoms with E-state index in [2.05, 4.69) is 10.3 Å². The first-order valence-electron chi connectivity index (χ1n) is 4.72. The number of nitrogens with zero attached hydrogens (tertiary/aromatic N) is 1. The maximum atomic E-state index is 11.7. The van der Waals surface area contributed by atoms with Crippen LogP contribution in [0.5, 0.6) is 0 Å². The highest BCUT2D eigenvalue weighted by Gasteiger charge is 2.19. The van der Waals surface area contributed by atoms with Crippen LogP contribution >= 0.6 is 34.8 Å². The van der Waals surface area contributed by atoms with Crippen LogP contribution in [0.25, 0.3) is 0 Å². The van der Waals surface area contributed by atoms with Crippen LogP contribution in [-0.4, -0.2) is 28.1 Å². The third kappa shape index (κ3) is 4.00. The molecule has 1 amide bonds. The Bertz CT molecular complexity index is 444. The lowest BCUT2D eigenvalue weighted by Gasteiger charge is -2.17. The van der Waals surface area contributed by atoms with Gasteiger partial charge in [0.2, 0.25) is 0 Å². The third-order valence-electron chi connectivity index (χ3n) is 1.81. The molecule has 0 unspecified atom stereocenters. The summed E-state index contributed by atoms with van der Waals surface area (Å²) >= 11 is 17.3. The van der Waals surface area contributed by atoms with Crippen LogP contribution in [0.2, 0.25) is 15.1 Å². The number of nitrogens with one attached hydrogen (secondary N) is 1. The van der Waals surface area contributed by atoms with Crippen molar-refractivity contribution >= 4 is 40.7 Å². The summed E-state index contributed by atoms with van der Waals surface area (Å²) in [5.74, 6) is -0.518. The van der Waals surface area contributed by atoms with E-state index in [4.69, 9.17) is 34.8 Å². The molecule has 0 atom stereocenters. The molecule has 0 saturated carbocycles. The second-order valence-electron chi connectivity index (χ2n) is 4.08. The predicted molar refractivity (Wildman–Crippen MR) is 67.9 cm³/mol. The van der Waals surface area contributed by atoms with Crippen molar-refractivity contribution in [3.63, 3.8) is 0 Å². The van der Waals surface area contributed by atoms with Crippen molar-refractivity contribution in [3.8, 4) is 0 Å². The molecule has 2 N–H and O–H groups in total. The highest BCUT2D eigenvalue weighted by atomic mass is 35.5. The van der Waals surface area contributed by atoms with Crippen molar-refractivity contribution in [1.29, 1.82) is 0 Å². The minimum atomic E-state index is -1.02. The van der Waals surface area contributed by atoms with E-state index in [-0.39, 0.29) is 27.3 Å². The van der Waals surface area contributed by atoms with Gasteiger partial charge in [0.15, 0.2) is 0 Å². The summed E-state index contributed by atoms with van der Waals surface area (Å²) in [6.45, 7) is 3.21. The number of carbonyl (C=O) groups is 1. The van der Waals surface area contributed by atoms with Gasteiger partial charge < -0.3 is 10.4 Å². The Hall–Kier alpha value is -0.550. The van der Waals surface area contributed by atoms with Gasteiger partial charge >= 0.3 is 0 Å². The molecule has 17 heavy (non-hydrogen) atoms. The van der Waals surface area contributed by atoms with Crippen LogP contribution in [0.3, 0.4) is 0 Å². The Morgan fingerprint density at radius 2 is 2.00 bits per heavy atom. The fourth-order valence-electron chi connectivity index (χ4n) is 0.982. The number of carbonyl (C=O) groups excluding carboxylic acids is 1. The minimum absolute atomic E-state index is 0.00703. The van der Waals surface area contributed by atoms with E-state index in [1.165, 1.54) is 6.20 Å². The molecule has 1 rings (SSSR count). The Morgan fingerprint density at radius 1 is 1.41 bits per heavy atom. The first-order chi connectivity index (χ1) is 7.72. The van der Waals surface area contributed by atoms with Crippen molar-refractivity contribution in [1.82, 2.24) is 10.3 Å². The summed E-state index contributed by atoms with van der Waals surface area (Å²) in [5.41, 5.74) is -1.04. The molecule has 0 aliphatic carbocycles. The van der Waals surface area contributed by atoms with Gasteiger partial charge in [0, 0.05) is 12.7 Å². The average molecular weight is 298 g/mol. The highest BCUT2D eigenvalue weighted by Crippen LogP contribution is 2.30. The standard InChI is InChI=1S/C10H11Cl3N2O2/c1-10(2,17)4-15-9(16)8-7(13)6(12)5(11)3-14-8/h3,17H,4H2,1-2H3,(H,15,16). The van der Waals surface area contributed by atoms with Gasteiger partial charge in [-0.2, -0.15) is 0 Å². The molecule has 1 heterocycles. The fourth-order valence-corrected chi connectivity index (χ4v) is 1.55. The average Bonchev–Trinajstić information content (AvgIpc) is 2.22. The van der Waals surface area contributed by atoms with Gasteiger partial charge in [0.1, 0.15) is 5.69 Å². The molecular formula is C10H11Cl3N2O2. The number of pyridine rings is 1. The Balaban J connectivity index is 2.87. The van der Waals surface area contributed by atoms with Gasteiger partial charge in [0.05, 0.1) is 20.7 Å². The summed E-state index contributed by atoms with van der Waals surface area (Å²) in [7, 11) is 0. The van der Waals surface area contributed by atoms with Crippen molar-refractivity contribution in [2.45, 2.75) is 19.4 Å². The number of amides is 1. The van der Waals surface area contributed by atoms with E-state index in [1.54, 1.807) is 13.8 Å². The van der Waals surface area contributed by atoms with Gasteiger partial charge in [-0.05, 0) is 13.8 Å². The fraction of sp³-hybridized carbons (Fsp3) is 0.400. The maximum Gasteiger partial charge on any atom is 0.271 e. The molecule has 7 heteroatoms. The number of hydrogen-bond donors (Lipinski definition) is 2. The van der Waals surface area contributed by atoms with Gasteiger partial charge in [0.25, 0.3) is 5.91 Å². The molecule has 4 nitrogen and oxygen atoms in total. The zero-order valence-electron chi connectivity index (χ0n) is 9.22. The van der Waals surface area contributed by atoms with Crippen LogP contribution in [-0.2, 0) is 0 Å². The maximum absolute atomic E-state index is 11.7. The number of rotatable bonds is 3. The lowest BCUT2D eigenvalue weighted by Crippen LogP contribution is -2.38. The number of halogens is 3. The molecule has 1 aromatic heterocycles. The zero-order valence-corrected chi connectivity index (χ0v) is 11.5. The monoisotopic (exact) mass is 296 g/mol. The molecule has 0 fully saturated rings. The summed E-state index contributed by atoms with van der Waals surface area (Å²) in [4.78, 5) is 15.5. The molecule has 1 aromatic rings. The number of aromatic nitrogens is 1. The Morgan fingerprint density at radius 3 is 2.53 bits per heavy atom. The van der Waals surface area contributed by atoms with Gasteiger partial charge in [-0.3, -0.25) is 4.79 Å². The van der Waals surface area contributed by atoms with E-state index in [0.717, 1.165) is 0 Å². The SMILES string of the molecule is CC(C)(O)CNC(=O)c1ncc(Cl)c(Cl)c1Cl. The quantitative estimate of drug-likeness (QED) is 0.901. The topological polar surface area (TPSA) is 62.2 Å². The molecular weight excluding hydrogens is 286 g/mol. The van der Waals surface area contributed by atoms with Crippen LogP contribution in [0, 0.1) is 0 Å². The van der Waals surface area contributed by atoms with E-state index in [0.29, 0.717) is 0 Å². The van der Waals surface area contributed by atoms with Crippen molar-refractivity contribution < 1.29 is 9.90 Å². The molecule has 0 aliphatic heterocycles. The van der Waals surface area contributed by atoms with Crippen LogP contribution in [0.4, 0.5) is 0 Å². The first-order valence-corrected chi connectivity index (χ1v) is 5.86. The highest BCUT2D eigenvalue weighted by molar-refractivity contribution is 6.48. The van der Waals surface area contributed by atoms with Crippen LogP contribution < -0.4 is 5.32 Å². The summed E-state index contributed by atoms with van der Waals surface area (Å²) in [6.07, 6.45) is 1.24. The molecule has 0 aromatic carbocycles. The van der Waals surface area contributed by atoms with Gasteiger partial charge in [-0.15, -0.1) is 0 Å². The minimum Gasteiger partial charge on any atom is -0.389 e. The van der Waals surface area contributed by atoms with Crippen LogP contribution in [0.1, 0.15) is 24.3 Å². The van der Waals surface area contributed by atoms with E-state index in [1.807, 2.05) is 0 Å². The van der Waals surface area contributed by atoms with Gasteiger partial charge in [-0.1, -0.05) is 34.8 Å². The summed E-state index contributed by atoms with van der Waals surface area (Å²) in [5, 5.41) is 12.2. The Kier molecular flexibility index (Phi) is 4.61. The molecule has 0 saturated heterocycles. The third-order valence-corrected chi connectivity index (χ3v) is 3.05. The predicted octanol–water partition coefficient (Wildman–Crippen LogP) is 2.54. The molecule has 0 radical (unpaired) electrons. The largest absolute Gasteiger partial charge is 0.389 e. The second-order valence-corrected chi connectivity index (χ2v) is 5.24. The van der Waals surface area contributed by atoms with E-state index < -0.39 is 11.5 Å². The van der Waals surface area contributed by atoms with E-state index in [9.17, 15) is 9.90 Å². The van der Waals surface area contributed by atoms with Crippen molar-refractivity contribution in [2.75, 3.05) is 6.54 Å². The second kappa shape index (κ2) is 5.40. The Labute approximate surface area is 114 Å². The first kappa shape index (κ1) is 14.5. The van der Waals surface area contributed by atoms with E-state index >= 15 is 0 Å². The lowest BCUT2D eigenvalue weighted by atomic mass is 10.1. The molecule has 0 spiro atoms. The molecule has 0 bridgehead atoms. The number of aliphatic hydroxyl groups is 1. The molecule has 94 valence electrons. The number of hydrogen-bond acceptors (Lipinski definition) is 3. The molecule has 0 aliphatic rings.